The van der Waals surface area contributed by atoms with Crippen LogP contribution >= 0.6 is 0 Å². The summed E-state index contributed by atoms with van der Waals surface area (Å²) in [5, 5.41) is 0. The summed E-state index contributed by atoms with van der Waals surface area (Å²) in [7, 11) is 8.50. The highest BCUT2D eigenvalue weighted by Crippen LogP contribution is 1.73. The molecule has 0 amide bonds. The van der Waals surface area contributed by atoms with Crippen LogP contribution in [0.2, 0.25) is 0 Å². The highest BCUT2D eigenvalue weighted by Gasteiger charge is 1.88. The maximum Gasteiger partial charge on any atom is 0.0675 e. The highest BCUT2D eigenvalue weighted by atomic mass is 15.2. The van der Waals surface area contributed by atoms with Crippen LogP contribution in [-0.4, -0.2) is 49.5 Å². The normalized spacial score (nSPS) is 8.57. The first-order valence-electron chi connectivity index (χ1n) is 1.79. The summed E-state index contributed by atoms with van der Waals surface area (Å²) in [6.45, 7) is 0. The summed E-state index contributed by atoms with van der Waals surface area (Å²) >= 11 is 0. The Morgan fingerprint density at radius 3 is 0.857 bits per heavy atom. The zero-order valence-electron chi connectivity index (χ0n) is 5.02. The number of rotatable bonds is 0. The molecule has 0 unspecified atom stereocenters. The quantitative estimate of drug-likeness (QED) is 0.256. The second kappa shape index (κ2) is 4.25. The van der Waals surface area contributed by atoms with E-state index in [-0.39, 0.29) is 16.8 Å². The molecule has 7 heavy (non-hydrogen) atoms. The maximum atomic E-state index is 2.12. The van der Waals surface area contributed by atoms with Crippen LogP contribution in [0.5, 0.6) is 0 Å². The number of nitrogens with zero attached hydrogens (tertiary/aromatic N) is 1. The Kier molecular flexibility index (Phi) is 9.55. The minimum atomic E-state index is 0. The topological polar surface area (TPSA) is 0 Å². The first-order chi connectivity index (χ1) is 2.00. The molecule has 43 valence electrons. The van der Waals surface area contributed by atoms with Crippen LogP contribution in [0.15, 0.2) is 0 Å². The van der Waals surface area contributed by atoms with Crippen LogP contribution in [0, 0.1) is 0 Å². The van der Waals surface area contributed by atoms with Gasteiger partial charge in [-0.25, -0.2) is 0 Å². The molecule has 0 aromatic carbocycles. The van der Waals surface area contributed by atoms with E-state index in [0.29, 0.717) is 0 Å². The van der Waals surface area contributed by atoms with Gasteiger partial charge in [-0.2, -0.15) is 0 Å². The molecule has 0 rings (SSSR count). The average molecular weight is 99.8 g/mol. The second-order valence-electron chi connectivity index (χ2n) is 2.68. The van der Waals surface area contributed by atoms with Crippen LogP contribution in [0.1, 0.15) is 0 Å². The smallest absolute Gasteiger partial charge is 0.0675 e. The van der Waals surface area contributed by atoms with E-state index in [1.54, 1.807) is 0 Å². The van der Waals surface area contributed by atoms with Crippen LogP contribution < -0.4 is 0 Å². The third-order valence-electron chi connectivity index (χ3n) is 0. The van der Waals surface area contributed by atoms with E-state index in [9.17, 15) is 0 Å². The zero-order valence-corrected chi connectivity index (χ0v) is 5.02. The monoisotopic (exact) mass is 100 g/mol. The van der Waals surface area contributed by atoms with Gasteiger partial charge < -0.3 is 4.48 Å². The van der Waals surface area contributed by atoms with E-state index < -0.39 is 0 Å². The molecular weight excluding hydrogens is 83.7 g/mol. The van der Waals surface area contributed by atoms with Crippen LogP contribution in [0.4, 0.5) is 0 Å². The highest BCUT2D eigenvalue weighted by molar-refractivity contribution is 5.76. The van der Waals surface area contributed by atoms with Gasteiger partial charge in [0.05, 0.1) is 28.2 Å². The van der Waals surface area contributed by atoms with Crippen molar-refractivity contribution >= 4 is 16.8 Å². The van der Waals surface area contributed by atoms with E-state index in [1.165, 1.54) is 0 Å². The van der Waals surface area contributed by atoms with E-state index in [1.807, 2.05) is 0 Å². The van der Waals surface area contributed by atoms with Crippen molar-refractivity contribution in [3.05, 3.63) is 0 Å². The summed E-state index contributed by atoms with van der Waals surface area (Å²) in [4.78, 5) is 0. The number of quaternary nitrogens is 1. The third-order valence-corrected chi connectivity index (χ3v) is 0. The van der Waals surface area contributed by atoms with Crippen molar-refractivity contribution in [3.63, 3.8) is 0 Å². The summed E-state index contributed by atoms with van der Waals surface area (Å²) in [6.07, 6.45) is 0. The molecule has 0 fully saturated rings. The summed E-state index contributed by atoms with van der Waals surface area (Å²) < 4.78 is 1.00. The van der Waals surface area contributed by atoms with Crippen molar-refractivity contribution in [2.45, 2.75) is 0 Å². The molecule has 0 aliphatic rings. The van der Waals surface area contributed by atoms with Gasteiger partial charge in [-0.1, -0.05) is 8.41 Å². The van der Waals surface area contributed by atoms with Gasteiger partial charge in [-0.15, -0.1) is 0 Å². The Labute approximate surface area is 50.4 Å². The molecule has 0 saturated carbocycles. The van der Waals surface area contributed by atoms with Crippen molar-refractivity contribution in [1.82, 2.24) is 0 Å². The predicted octanol–water partition coefficient (Wildman–Crippen LogP) is -1.51. The lowest BCUT2D eigenvalue weighted by Crippen LogP contribution is -2.27. The molecule has 0 spiro atoms. The van der Waals surface area contributed by atoms with E-state index in [4.69, 9.17) is 0 Å². The van der Waals surface area contributed by atoms with Crippen LogP contribution in [-0.2, 0) is 0 Å². The van der Waals surface area contributed by atoms with Crippen molar-refractivity contribution in [3.8, 4) is 0 Å². The zero-order chi connectivity index (χ0) is 4.50. The SMILES string of the molecule is C[N+](C)(C)C.[BH4-].[B]. The lowest BCUT2D eigenvalue weighted by atomic mass is 10.8. The minimum absolute atomic E-state index is 0. The summed E-state index contributed by atoms with van der Waals surface area (Å²) in [5.74, 6) is 0. The number of hydrogen-bond acceptors (Lipinski definition) is 0. The van der Waals surface area contributed by atoms with E-state index in [0.717, 1.165) is 4.48 Å². The van der Waals surface area contributed by atoms with Gasteiger partial charge in [0.1, 0.15) is 0 Å². The van der Waals surface area contributed by atoms with Gasteiger partial charge in [0.25, 0.3) is 0 Å². The molecule has 0 bridgehead atoms. The van der Waals surface area contributed by atoms with Gasteiger partial charge in [0.15, 0.2) is 0 Å². The molecule has 0 aromatic rings. The van der Waals surface area contributed by atoms with Gasteiger partial charge in [0, 0.05) is 8.41 Å². The van der Waals surface area contributed by atoms with E-state index >= 15 is 0 Å². The Bertz CT molecular complexity index is 25.2. The van der Waals surface area contributed by atoms with Gasteiger partial charge in [-0.3, -0.25) is 0 Å². The van der Waals surface area contributed by atoms with Crippen molar-refractivity contribution < 1.29 is 4.48 Å². The Balaban J connectivity index is -0.0000000800. The first kappa shape index (κ1) is 15.7. The van der Waals surface area contributed by atoms with Gasteiger partial charge >= 0.3 is 0 Å². The fraction of sp³-hybridized carbons (Fsp3) is 1.00. The van der Waals surface area contributed by atoms with Crippen LogP contribution in [0.3, 0.4) is 0 Å². The van der Waals surface area contributed by atoms with Crippen LogP contribution in [0.25, 0.3) is 0 Å². The Morgan fingerprint density at radius 2 is 0.857 bits per heavy atom. The second-order valence-corrected chi connectivity index (χ2v) is 2.68. The predicted molar refractivity (Wildman–Crippen MR) is 41.0 cm³/mol. The largest absolute Gasteiger partial charge is 0.333 e. The van der Waals surface area contributed by atoms with Crippen molar-refractivity contribution in [2.24, 2.45) is 0 Å². The van der Waals surface area contributed by atoms with Gasteiger partial charge in [-0.05, 0) is 0 Å². The molecule has 0 N–H and O–H groups in total. The summed E-state index contributed by atoms with van der Waals surface area (Å²) in [5.41, 5.74) is 0. The Morgan fingerprint density at radius 1 is 0.857 bits per heavy atom. The standard InChI is InChI=1S/C4H12N.BH4.B/c1-5(2,3)4;;/h1-4H3;1H4;/q+1;-1;. The fourth-order valence-electron chi connectivity index (χ4n) is 0. The molecule has 1 nitrogen and oxygen atoms in total. The van der Waals surface area contributed by atoms with Crippen molar-refractivity contribution in [1.29, 1.82) is 0 Å². The maximum absolute atomic E-state index is 2.12. The molecule has 0 aromatic heterocycles. The fourth-order valence-corrected chi connectivity index (χ4v) is 0. The average Bonchev–Trinajstić information content (AvgIpc) is 0.722. The molecule has 0 aliphatic carbocycles. The van der Waals surface area contributed by atoms with Crippen molar-refractivity contribution in [2.75, 3.05) is 28.2 Å². The van der Waals surface area contributed by atoms with Gasteiger partial charge in [0.2, 0.25) is 0 Å². The lowest BCUT2D eigenvalue weighted by molar-refractivity contribution is -0.849. The Hall–Kier alpha value is 0.0899. The third kappa shape index (κ3) is 12600. The lowest BCUT2D eigenvalue weighted by Gasteiger charge is -2.14. The number of hydrogen-bond donors (Lipinski definition) is 0. The molecule has 3 heteroatoms. The molecular formula is C4H16B2N. The first-order valence-corrected chi connectivity index (χ1v) is 1.79. The summed E-state index contributed by atoms with van der Waals surface area (Å²) in [6, 6.07) is 0. The molecule has 0 saturated heterocycles. The minimum Gasteiger partial charge on any atom is -0.333 e. The van der Waals surface area contributed by atoms with E-state index in [2.05, 4.69) is 28.2 Å². The molecule has 3 radical (unpaired) electrons. The molecule has 0 aliphatic heterocycles. The molecule has 0 atom stereocenters. The molecule has 0 heterocycles.